The minimum atomic E-state index is 0.213. The van der Waals surface area contributed by atoms with Crippen molar-refractivity contribution in [2.45, 2.75) is 25.8 Å². The van der Waals surface area contributed by atoms with Crippen LogP contribution in [0.25, 0.3) is 0 Å². The molecule has 0 radical (unpaired) electrons. The molecule has 1 nitrogen and oxygen atoms in total. The second-order valence-corrected chi connectivity index (χ2v) is 4.20. The van der Waals surface area contributed by atoms with Crippen LogP contribution in [0, 0.1) is 3.57 Å². The van der Waals surface area contributed by atoms with Gasteiger partial charge in [0.05, 0.1) is 0 Å². The van der Waals surface area contributed by atoms with Crippen LogP contribution in [0.5, 0.6) is 0 Å². The van der Waals surface area contributed by atoms with E-state index in [1.807, 2.05) is 0 Å². The number of hydrogen-bond donors (Lipinski definition) is 1. The molecule has 0 fully saturated rings. The van der Waals surface area contributed by atoms with Gasteiger partial charge in [0, 0.05) is 9.61 Å². The molecule has 1 rings (SSSR count). The maximum atomic E-state index is 5.97. The molecule has 0 amide bonds. The molecular formula is C10H14IN. The van der Waals surface area contributed by atoms with Crippen molar-refractivity contribution in [2.75, 3.05) is 0 Å². The molecule has 12 heavy (non-hydrogen) atoms. The molecule has 0 aliphatic rings. The normalized spacial score (nSPS) is 12.9. The molecule has 0 heterocycles. The van der Waals surface area contributed by atoms with Gasteiger partial charge in [-0.25, -0.2) is 0 Å². The van der Waals surface area contributed by atoms with Gasteiger partial charge < -0.3 is 5.73 Å². The van der Waals surface area contributed by atoms with Gasteiger partial charge >= 0.3 is 0 Å². The summed E-state index contributed by atoms with van der Waals surface area (Å²) in [7, 11) is 0. The highest BCUT2D eigenvalue weighted by Crippen LogP contribution is 2.17. The van der Waals surface area contributed by atoms with E-state index in [0.717, 1.165) is 12.8 Å². The summed E-state index contributed by atoms with van der Waals surface area (Å²) >= 11 is 2.31. The fourth-order valence-corrected chi connectivity index (χ4v) is 1.78. The standard InChI is InChI=1S/C10H14IN/c1-2-4-10(12)8-5-3-6-9(11)7-8/h3,5-7,10H,2,4,12H2,1H3/t10-/m0/s1. The van der Waals surface area contributed by atoms with Crippen LogP contribution < -0.4 is 5.73 Å². The molecule has 2 N–H and O–H groups in total. The Kier molecular flexibility index (Phi) is 4.01. The lowest BCUT2D eigenvalue weighted by atomic mass is 10.0. The fourth-order valence-electron chi connectivity index (χ4n) is 1.21. The molecule has 0 spiro atoms. The summed E-state index contributed by atoms with van der Waals surface area (Å²) in [5, 5.41) is 0. The number of hydrogen-bond acceptors (Lipinski definition) is 1. The Morgan fingerprint density at radius 2 is 2.25 bits per heavy atom. The molecule has 1 atom stereocenters. The zero-order chi connectivity index (χ0) is 8.97. The van der Waals surface area contributed by atoms with Crippen LogP contribution in [-0.2, 0) is 0 Å². The highest BCUT2D eigenvalue weighted by molar-refractivity contribution is 14.1. The van der Waals surface area contributed by atoms with E-state index in [-0.39, 0.29) is 6.04 Å². The Balaban J connectivity index is 2.73. The monoisotopic (exact) mass is 275 g/mol. The van der Waals surface area contributed by atoms with Gasteiger partial charge in [-0.15, -0.1) is 0 Å². The van der Waals surface area contributed by atoms with Crippen LogP contribution in [0.4, 0.5) is 0 Å². The average molecular weight is 275 g/mol. The van der Waals surface area contributed by atoms with E-state index in [0.29, 0.717) is 0 Å². The van der Waals surface area contributed by atoms with Gasteiger partial charge in [0.1, 0.15) is 0 Å². The van der Waals surface area contributed by atoms with Crippen molar-refractivity contribution < 1.29 is 0 Å². The molecule has 0 aliphatic carbocycles. The molecule has 0 aliphatic heterocycles. The van der Waals surface area contributed by atoms with Gasteiger partial charge in [-0.05, 0) is 46.7 Å². The largest absolute Gasteiger partial charge is 0.324 e. The molecule has 0 saturated carbocycles. The van der Waals surface area contributed by atoms with Gasteiger partial charge in [0.15, 0.2) is 0 Å². The lowest BCUT2D eigenvalue weighted by Gasteiger charge is -2.10. The highest BCUT2D eigenvalue weighted by atomic mass is 127. The Morgan fingerprint density at radius 1 is 1.50 bits per heavy atom. The van der Waals surface area contributed by atoms with E-state index in [1.54, 1.807) is 0 Å². The predicted octanol–water partition coefficient (Wildman–Crippen LogP) is 3.09. The molecule has 1 aromatic rings. The Morgan fingerprint density at radius 3 is 2.83 bits per heavy atom. The van der Waals surface area contributed by atoms with E-state index in [1.165, 1.54) is 9.13 Å². The summed E-state index contributed by atoms with van der Waals surface area (Å²) < 4.78 is 1.26. The molecule has 66 valence electrons. The molecule has 0 aromatic heterocycles. The summed E-state index contributed by atoms with van der Waals surface area (Å²) in [6.07, 6.45) is 2.22. The van der Waals surface area contributed by atoms with Gasteiger partial charge in [0.2, 0.25) is 0 Å². The van der Waals surface area contributed by atoms with Gasteiger partial charge in [-0.1, -0.05) is 25.5 Å². The zero-order valence-electron chi connectivity index (χ0n) is 7.26. The Bertz CT molecular complexity index is 247. The van der Waals surface area contributed by atoms with Crippen molar-refractivity contribution in [1.82, 2.24) is 0 Å². The van der Waals surface area contributed by atoms with Crippen LogP contribution in [0.2, 0.25) is 0 Å². The molecule has 0 unspecified atom stereocenters. The lowest BCUT2D eigenvalue weighted by molar-refractivity contribution is 0.638. The van der Waals surface area contributed by atoms with Crippen molar-refractivity contribution in [3.05, 3.63) is 33.4 Å². The smallest absolute Gasteiger partial charge is 0.0295 e. The van der Waals surface area contributed by atoms with Gasteiger partial charge in [0.25, 0.3) is 0 Å². The van der Waals surface area contributed by atoms with E-state index in [4.69, 9.17) is 5.73 Å². The summed E-state index contributed by atoms with van der Waals surface area (Å²) in [4.78, 5) is 0. The third kappa shape index (κ3) is 2.75. The number of nitrogens with two attached hydrogens (primary N) is 1. The lowest BCUT2D eigenvalue weighted by Crippen LogP contribution is -2.09. The van der Waals surface area contributed by atoms with Crippen LogP contribution in [0.1, 0.15) is 31.4 Å². The van der Waals surface area contributed by atoms with Gasteiger partial charge in [-0.3, -0.25) is 0 Å². The number of halogens is 1. The van der Waals surface area contributed by atoms with Crippen LogP contribution >= 0.6 is 22.6 Å². The van der Waals surface area contributed by atoms with E-state index >= 15 is 0 Å². The minimum Gasteiger partial charge on any atom is -0.324 e. The van der Waals surface area contributed by atoms with Crippen molar-refractivity contribution in [3.63, 3.8) is 0 Å². The Labute approximate surface area is 87.5 Å². The molecular weight excluding hydrogens is 261 g/mol. The SMILES string of the molecule is CCC[C@H](N)c1cccc(I)c1. The second-order valence-electron chi connectivity index (χ2n) is 2.95. The van der Waals surface area contributed by atoms with Crippen molar-refractivity contribution >= 4 is 22.6 Å². The quantitative estimate of drug-likeness (QED) is 0.843. The maximum Gasteiger partial charge on any atom is 0.0295 e. The van der Waals surface area contributed by atoms with Crippen LogP contribution in [0.15, 0.2) is 24.3 Å². The summed E-state index contributed by atoms with van der Waals surface area (Å²) in [5.74, 6) is 0. The minimum absolute atomic E-state index is 0.213. The fraction of sp³-hybridized carbons (Fsp3) is 0.400. The summed E-state index contributed by atoms with van der Waals surface area (Å²) in [6.45, 7) is 2.16. The third-order valence-electron chi connectivity index (χ3n) is 1.88. The van der Waals surface area contributed by atoms with Crippen molar-refractivity contribution in [1.29, 1.82) is 0 Å². The average Bonchev–Trinajstić information content (AvgIpc) is 2.05. The van der Waals surface area contributed by atoms with Crippen LogP contribution in [0.3, 0.4) is 0 Å². The van der Waals surface area contributed by atoms with E-state index in [9.17, 15) is 0 Å². The van der Waals surface area contributed by atoms with Crippen molar-refractivity contribution in [3.8, 4) is 0 Å². The first-order valence-electron chi connectivity index (χ1n) is 4.25. The zero-order valence-corrected chi connectivity index (χ0v) is 9.41. The highest BCUT2D eigenvalue weighted by Gasteiger charge is 2.03. The number of benzene rings is 1. The topological polar surface area (TPSA) is 26.0 Å². The van der Waals surface area contributed by atoms with E-state index in [2.05, 4.69) is 53.8 Å². The van der Waals surface area contributed by atoms with E-state index < -0.39 is 0 Å². The third-order valence-corrected chi connectivity index (χ3v) is 2.55. The predicted molar refractivity (Wildman–Crippen MR) is 61.0 cm³/mol. The maximum absolute atomic E-state index is 5.97. The van der Waals surface area contributed by atoms with Gasteiger partial charge in [-0.2, -0.15) is 0 Å². The first kappa shape index (κ1) is 9.99. The Hall–Kier alpha value is -0.0900. The molecule has 1 aromatic carbocycles. The second kappa shape index (κ2) is 4.82. The molecule has 0 bridgehead atoms. The molecule has 0 saturated heterocycles. The summed E-state index contributed by atoms with van der Waals surface area (Å²) in [5.41, 5.74) is 7.22. The first-order chi connectivity index (χ1) is 5.74. The van der Waals surface area contributed by atoms with Crippen LogP contribution in [-0.4, -0.2) is 0 Å². The first-order valence-corrected chi connectivity index (χ1v) is 5.33. The molecule has 2 heteroatoms. The number of rotatable bonds is 3. The summed E-state index contributed by atoms with van der Waals surface area (Å²) in [6, 6.07) is 8.61. The van der Waals surface area contributed by atoms with Crippen molar-refractivity contribution in [2.24, 2.45) is 5.73 Å².